The smallest absolute Gasteiger partial charge is 0.237 e. The van der Waals surface area contributed by atoms with E-state index in [2.05, 4.69) is 69.0 Å². The molecule has 2 atom stereocenters. The molecule has 0 unspecified atom stereocenters. The number of rotatable bonds is 8. The Hall–Kier alpha value is -4.92. The quantitative estimate of drug-likeness (QED) is 0.200. The molecule has 8 heteroatoms. The van der Waals surface area contributed by atoms with Crippen LogP contribution in [0.4, 0.5) is 0 Å². The summed E-state index contributed by atoms with van der Waals surface area (Å²) in [6.45, 7) is 5.84. The van der Waals surface area contributed by atoms with Gasteiger partial charge in [-0.1, -0.05) is 121 Å². The van der Waals surface area contributed by atoms with E-state index in [9.17, 15) is 19.2 Å². The van der Waals surface area contributed by atoms with Crippen molar-refractivity contribution >= 4 is 23.6 Å². The first-order valence-electron chi connectivity index (χ1n) is 19.7. The van der Waals surface area contributed by atoms with Gasteiger partial charge in [0, 0.05) is 25.9 Å². The Morgan fingerprint density at radius 1 is 0.463 bits per heavy atom. The molecule has 4 aromatic carbocycles. The standard InChI is InChI=1S/2C23H26N2O2/c2*26-21-11-14-23(22(27)24-21,19-9-5-2-6-10-19)20-12-15-25(16-13-20)17-18-7-3-1-4-8-18/h2*1-10,20H,11-17H2,(H,24,26,27)/t2*23-/m10/s1. The van der Waals surface area contributed by atoms with Crippen molar-refractivity contribution in [2.24, 2.45) is 11.8 Å². The molecule has 2 N–H and O–H groups in total. The Bertz CT molecular complexity index is 1730. The van der Waals surface area contributed by atoms with Crippen molar-refractivity contribution < 1.29 is 19.2 Å². The van der Waals surface area contributed by atoms with Crippen LogP contribution in [0.1, 0.15) is 73.6 Å². The lowest BCUT2D eigenvalue weighted by Gasteiger charge is -2.45. The lowest BCUT2D eigenvalue weighted by molar-refractivity contribution is -0.142. The Labute approximate surface area is 319 Å². The van der Waals surface area contributed by atoms with E-state index >= 15 is 0 Å². The number of likely N-dealkylation sites (tertiary alicyclic amines) is 2. The summed E-state index contributed by atoms with van der Waals surface area (Å²) in [6, 6.07) is 41.2. The molecule has 4 aliphatic heterocycles. The average Bonchev–Trinajstić information content (AvgIpc) is 3.21. The van der Waals surface area contributed by atoms with Gasteiger partial charge in [0.15, 0.2) is 0 Å². The van der Waals surface area contributed by atoms with Crippen molar-refractivity contribution in [1.29, 1.82) is 0 Å². The summed E-state index contributed by atoms with van der Waals surface area (Å²) in [4.78, 5) is 54.6. The van der Waals surface area contributed by atoms with Gasteiger partial charge in [-0.05, 0) is 98.8 Å². The van der Waals surface area contributed by atoms with Gasteiger partial charge in [0.1, 0.15) is 0 Å². The number of nitrogens with one attached hydrogen (secondary N) is 2. The molecule has 0 spiro atoms. The molecule has 4 aromatic rings. The number of piperidine rings is 4. The minimum absolute atomic E-state index is 0.105. The molecule has 8 nitrogen and oxygen atoms in total. The maximum atomic E-state index is 13.1. The largest absolute Gasteiger partial charge is 0.299 e. The zero-order valence-corrected chi connectivity index (χ0v) is 31.1. The normalized spacial score (nSPS) is 24.6. The van der Waals surface area contributed by atoms with Crippen molar-refractivity contribution in [3.63, 3.8) is 0 Å². The third kappa shape index (κ3) is 8.10. The van der Waals surface area contributed by atoms with Gasteiger partial charge in [-0.3, -0.25) is 39.6 Å². The Balaban J connectivity index is 0.000000167. The Morgan fingerprint density at radius 2 is 0.778 bits per heavy atom. The van der Waals surface area contributed by atoms with E-state index in [-0.39, 0.29) is 35.5 Å². The van der Waals surface area contributed by atoms with Crippen LogP contribution in [-0.4, -0.2) is 59.6 Å². The van der Waals surface area contributed by atoms with E-state index in [1.165, 1.54) is 11.1 Å². The van der Waals surface area contributed by atoms with E-state index in [0.29, 0.717) is 25.7 Å². The highest BCUT2D eigenvalue weighted by Gasteiger charge is 2.51. The highest BCUT2D eigenvalue weighted by atomic mass is 16.2. The van der Waals surface area contributed by atoms with E-state index < -0.39 is 10.8 Å². The number of hydrogen-bond donors (Lipinski definition) is 2. The zero-order chi connectivity index (χ0) is 37.4. The zero-order valence-electron chi connectivity index (χ0n) is 31.1. The van der Waals surface area contributed by atoms with Crippen molar-refractivity contribution in [3.8, 4) is 0 Å². The van der Waals surface area contributed by atoms with Crippen molar-refractivity contribution in [1.82, 2.24) is 20.4 Å². The molecule has 4 saturated heterocycles. The van der Waals surface area contributed by atoms with Crippen LogP contribution in [0.25, 0.3) is 0 Å². The van der Waals surface area contributed by atoms with E-state index in [4.69, 9.17) is 0 Å². The average molecular weight is 725 g/mol. The van der Waals surface area contributed by atoms with E-state index in [0.717, 1.165) is 76.1 Å². The third-order valence-electron chi connectivity index (χ3n) is 12.5. The van der Waals surface area contributed by atoms with E-state index in [1.807, 2.05) is 72.8 Å². The molecule has 0 aromatic heterocycles. The predicted molar refractivity (Wildman–Crippen MR) is 210 cm³/mol. The van der Waals surface area contributed by atoms with Gasteiger partial charge in [0.2, 0.25) is 23.6 Å². The number of carbonyl (C=O) groups excluding carboxylic acids is 4. The van der Waals surface area contributed by atoms with Gasteiger partial charge in [-0.2, -0.15) is 0 Å². The number of amides is 4. The summed E-state index contributed by atoms with van der Waals surface area (Å²) in [5, 5.41) is 5.25. The molecule has 54 heavy (non-hydrogen) atoms. The predicted octanol–water partition coefficient (Wildman–Crippen LogP) is 6.55. The first-order chi connectivity index (χ1) is 26.4. The molecule has 8 rings (SSSR count). The van der Waals surface area contributed by atoms with Crippen LogP contribution in [0.2, 0.25) is 0 Å². The monoisotopic (exact) mass is 724 g/mol. The van der Waals surface area contributed by atoms with Crippen LogP contribution >= 0.6 is 0 Å². The van der Waals surface area contributed by atoms with Gasteiger partial charge in [0.05, 0.1) is 10.8 Å². The number of benzene rings is 4. The van der Waals surface area contributed by atoms with Gasteiger partial charge in [-0.15, -0.1) is 0 Å². The van der Waals surface area contributed by atoms with Crippen molar-refractivity contribution in [3.05, 3.63) is 144 Å². The van der Waals surface area contributed by atoms with Crippen LogP contribution < -0.4 is 10.6 Å². The highest BCUT2D eigenvalue weighted by Crippen LogP contribution is 2.45. The second-order valence-corrected chi connectivity index (χ2v) is 15.5. The molecule has 0 aliphatic carbocycles. The number of hydrogen-bond acceptors (Lipinski definition) is 6. The number of carbonyl (C=O) groups is 4. The Morgan fingerprint density at radius 3 is 1.09 bits per heavy atom. The molecule has 0 radical (unpaired) electrons. The third-order valence-corrected chi connectivity index (χ3v) is 12.5. The lowest BCUT2D eigenvalue weighted by Crippen LogP contribution is -2.57. The second kappa shape index (κ2) is 17.0. The number of nitrogens with zero attached hydrogens (tertiary/aromatic N) is 2. The summed E-state index contributed by atoms with van der Waals surface area (Å²) in [5.41, 5.74) is 3.61. The van der Waals surface area contributed by atoms with Crippen LogP contribution in [0.5, 0.6) is 0 Å². The molecule has 0 saturated carbocycles. The summed E-state index contributed by atoms with van der Waals surface area (Å²) in [7, 11) is 0. The summed E-state index contributed by atoms with van der Waals surface area (Å²) in [6.07, 6.45) is 5.98. The van der Waals surface area contributed by atoms with Gasteiger partial charge >= 0.3 is 0 Å². The van der Waals surface area contributed by atoms with Crippen LogP contribution in [0.3, 0.4) is 0 Å². The first-order valence-corrected chi connectivity index (χ1v) is 19.7. The van der Waals surface area contributed by atoms with Gasteiger partial charge < -0.3 is 0 Å². The second-order valence-electron chi connectivity index (χ2n) is 15.5. The fraction of sp³-hybridized carbons (Fsp3) is 0.391. The van der Waals surface area contributed by atoms with Crippen molar-refractivity contribution in [2.75, 3.05) is 26.2 Å². The molecule has 4 aliphatic rings. The summed E-state index contributed by atoms with van der Waals surface area (Å²) >= 11 is 0. The SMILES string of the molecule is O=C1CC[C@@](c2ccccc2)(C2CCN(Cc3ccccc3)CC2)C(=O)N1.O=C1CC[C@](c2ccccc2)(C2CCN(Cc3ccccc3)CC2)C(=O)N1. The molecule has 4 heterocycles. The fourth-order valence-corrected chi connectivity index (χ4v) is 9.57. The molecule has 0 bridgehead atoms. The molecule has 4 fully saturated rings. The van der Waals surface area contributed by atoms with Gasteiger partial charge in [-0.25, -0.2) is 0 Å². The number of imide groups is 2. The van der Waals surface area contributed by atoms with Crippen molar-refractivity contribution in [2.45, 2.75) is 75.3 Å². The Kier molecular flexibility index (Phi) is 11.8. The minimum atomic E-state index is -0.575. The maximum absolute atomic E-state index is 13.1. The van der Waals surface area contributed by atoms with Crippen LogP contribution in [0, 0.1) is 11.8 Å². The first kappa shape index (κ1) is 37.4. The fourth-order valence-electron chi connectivity index (χ4n) is 9.57. The van der Waals surface area contributed by atoms with Crippen LogP contribution in [-0.2, 0) is 43.1 Å². The minimum Gasteiger partial charge on any atom is -0.299 e. The molecular weight excluding hydrogens is 673 g/mol. The molecule has 280 valence electrons. The van der Waals surface area contributed by atoms with E-state index in [1.54, 1.807) is 0 Å². The topological polar surface area (TPSA) is 98.8 Å². The summed E-state index contributed by atoms with van der Waals surface area (Å²) < 4.78 is 0. The van der Waals surface area contributed by atoms with Crippen LogP contribution in [0.15, 0.2) is 121 Å². The molecule has 4 amide bonds. The summed E-state index contributed by atoms with van der Waals surface area (Å²) in [5.74, 6) is 0.0269. The lowest BCUT2D eigenvalue weighted by atomic mass is 9.62. The molecular formula is C46H52N4O4. The van der Waals surface area contributed by atoms with Gasteiger partial charge in [0.25, 0.3) is 0 Å². The highest BCUT2D eigenvalue weighted by molar-refractivity contribution is 6.04. The maximum Gasteiger partial charge on any atom is 0.237 e.